The Hall–Kier alpha value is -1.10. The fraction of sp³-hybridized carbons (Fsp3) is 0.600. The van der Waals surface area contributed by atoms with Gasteiger partial charge in [0.25, 0.3) is 0 Å². The smallest absolute Gasteiger partial charge is 0.119 e. The molecule has 1 rings (SSSR count). The summed E-state index contributed by atoms with van der Waals surface area (Å²) in [6.07, 6.45) is 1.12. The Morgan fingerprint density at radius 3 is 2.47 bits per heavy atom. The molecule has 0 aliphatic heterocycles. The first-order valence-electron chi connectivity index (χ1n) is 6.74. The van der Waals surface area contributed by atoms with Crippen molar-refractivity contribution in [2.75, 3.05) is 34.0 Å². The van der Waals surface area contributed by atoms with Crippen molar-refractivity contribution in [3.63, 3.8) is 0 Å². The molecule has 0 radical (unpaired) electrons. The summed E-state index contributed by atoms with van der Waals surface area (Å²) in [5.74, 6) is 0.930. The summed E-state index contributed by atoms with van der Waals surface area (Å²) in [5, 5.41) is 3.35. The predicted octanol–water partition coefficient (Wildman–Crippen LogP) is 2.23. The van der Waals surface area contributed by atoms with Gasteiger partial charge in [-0.2, -0.15) is 0 Å². The van der Waals surface area contributed by atoms with Gasteiger partial charge in [-0.3, -0.25) is 0 Å². The molecule has 0 spiro atoms. The molecule has 19 heavy (non-hydrogen) atoms. The molecular weight excluding hydrogens is 242 g/mol. The van der Waals surface area contributed by atoms with Crippen LogP contribution in [0.25, 0.3) is 0 Å². The van der Waals surface area contributed by atoms with Crippen LogP contribution in [0.15, 0.2) is 24.3 Å². The van der Waals surface area contributed by atoms with Crippen LogP contribution in [0.4, 0.5) is 0 Å². The summed E-state index contributed by atoms with van der Waals surface area (Å²) in [4.78, 5) is 0. The average Bonchev–Trinajstić information content (AvgIpc) is 2.45. The Morgan fingerprint density at radius 1 is 1.16 bits per heavy atom. The van der Waals surface area contributed by atoms with Gasteiger partial charge in [0.2, 0.25) is 0 Å². The van der Waals surface area contributed by atoms with Gasteiger partial charge in [0.05, 0.1) is 19.3 Å². The Kier molecular flexibility index (Phi) is 8.21. The molecule has 108 valence electrons. The van der Waals surface area contributed by atoms with E-state index in [1.54, 1.807) is 14.2 Å². The number of rotatable bonds is 10. The van der Waals surface area contributed by atoms with Crippen LogP contribution in [0.2, 0.25) is 0 Å². The maximum absolute atomic E-state index is 5.55. The molecule has 0 bridgehead atoms. The molecule has 1 N–H and O–H groups in total. The molecule has 1 aromatic carbocycles. The maximum Gasteiger partial charge on any atom is 0.119 e. The van der Waals surface area contributed by atoms with E-state index in [9.17, 15) is 0 Å². The summed E-state index contributed by atoms with van der Waals surface area (Å²) >= 11 is 0. The summed E-state index contributed by atoms with van der Waals surface area (Å²) < 4.78 is 15.9. The zero-order chi connectivity index (χ0) is 13.9. The van der Waals surface area contributed by atoms with Crippen LogP contribution in [0.1, 0.15) is 18.9 Å². The zero-order valence-corrected chi connectivity index (χ0v) is 12.1. The van der Waals surface area contributed by atoms with E-state index in [4.69, 9.17) is 14.2 Å². The molecule has 0 fully saturated rings. The number of benzene rings is 1. The second-order valence-electron chi connectivity index (χ2n) is 4.44. The van der Waals surface area contributed by atoms with E-state index in [0.29, 0.717) is 6.61 Å². The number of nitrogens with one attached hydrogen (secondary N) is 1. The first-order chi connectivity index (χ1) is 9.30. The third-order valence-electron chi connectivity index (χ3n) is 2.78. The molecule has 0 aliphatic rings. The van der Waals surface area contributed by atoms with Crippen LogP contribution in [0.5, 0.6) is 5.75 Å². The summed E-state index contributed by atoms with van der Waals surface area (Å²) in [6.45, 7) is 5.07. The topological polar surface area (TPSA) is 39.7 Å². The number of ether oxygens (including phenoxy) is 3. The summed E-state index contributed by atoms with van der Waals surface area (Å²) in [7, 11) is 3.38. The van der Waals surface area contributed by atoms with Gasteiger partial charge < -0.3 is 19.5 Å². The van der Waals surface area contributed by atoms with Crippen molar-refractivity contribution in [1.82, 2.24) is 5.32 Å². The van der Waals surface area contributed by atoms with Crippen molar-refractivity contribution in [2.45, 2.75) is 26.0 Å². The van der Waals surface area contributed by atoms with E-state index in [0.717, 1.165) is 31.9 Å². The van der Waals surface area contributed by atoms with Crippen molar-refractivity contribution in [1.29, 1.82) is 0 Å². The SMILES string of the molecule is CCCOc1ccc(CNCC(COC)OC)cc1. The van der Waals surface area contributed by atoms with Gasteiger partial charge in [0.1, 0.15) is 5.75 Å². The van der Waals surface area contributed by atoms with Gasteiger partial charge in [-0.05, 0) is 24.1 Å². The number of hydrogen-bond acceptors (Lipinski definition) is 4. The molecule has 0 heterocycles. The molecule has 1 atom stereocenters. The van der Waals surface area contributed by atoms with E-state index in [1.807, 2.05) is 12.1 Å². The highest BCUT2D eigenvalue weighted by Crippen LogP contribution is 2.12. The molecule has 0 amide bonds. The van der Waals surface area contributed by atoms with E-state index >= 15 is 0 Å². The Balaban J connectivity index is 2.29. The van der Waals surface area contributed by atoms with E-state index in [1.165, 1.54) is 5.56 Å². The molecule has 0 aromatic heterocycles. The molecule has 4 heteroatoms. The molecule has 4 nitrogen and oxygen atoms in total. The van der Waals surface area contributed by atoms with Gasteiger partial charge in [0, 0.05) is 27.3 Å². The van der Waals surface area contributed by atoms with E-state index < -0.39 is 0 Å². The lowest BCUT2D eigenvalue weighted by Crippen LogP contribution is -2.31. The fourth-order valence-electron chi connectivity index (χ4n) is 1.70. The highest BCUT2D eigenvalue weighted by molar-refractivity contribution is 5.27. The van der Waals surface area contributed by atoms with Crippen LogP contribution in [0.3, 0.4) is 0 Å². The standard InChI is InChI=1S/C15H25NO3/c1-4-9-19-14-7-5-13(6-8-14)10-16-11-15(18-3)12-17-2/h5-8,15-16H,4,9-12H2,1-3H3. The molecule has 0 aliphatic carbocycles. The molecular formula is C15H25NO3. The summed E-state index contributed by atoms with van der Waals surface area (Å²) in [5.41, 5.74) is 1.23. The minimum Gasteiger partial charge on any atom is -0.494 e. The van der Waals surface area contributed by atoms with E-state index in [2.05, 4.69) is 24.4 Å². The lowest BCUT2D eigenvalue weighted by Gasteiger charge is -2.15. The van der Waals surface area contributed by atoms with Crippen LogP contribution >= 0.6 is 0 Å². The van der Waals surface area contributed by atoms with Gasteiger partial charge >= 0.3 is 0 Å². The summed E-state index contributed by atoms with van der Waals surface area (Å²) in [6, 6.07) is 8.18. The highest BCUT2D eigenvalue weighted by atomic mass is 16.5. The minimum absolute atomic E-state index is 0.0946. The highest BCUT2D eigenvalue weighted by Gasteiger charge is 2.05. The van der Waals surface area contributed by atoms with Crippen molar-refractivity contribution in [3.8, 4) is 5.75 Å². The van der Waals surface area contributed by atoms with Crippen molar-refractivity contribution >= 4 is 0 Å². The molecule has 0 saturated carbocycles. The van der Waals surface area contributed by atoms with Crippen molar-refractivity contribution in [3.05, 3.63) is 29.8 Å². The lowest BCUT2D eigenvalue weighted by molar-refractivity contribution is 0.0288. The quantitative estimate of drug-likeness (QED) is 0.705. The second kappa shape index (κ2) is 9.78. The molecule has 1 unspecified atom stereocenters. The first-order valence-corrected chi connectivity index (χ1v) is 6.74. The molecule has 0 saturated heterocycles. The van der Waals surface area contributed by atoms with Crippen molar-refractivity contribution < 1.29 is 14.2 Å². The van der Waals surface area contributed by atoms with Crippen LogP contribution in [0, 0.1) is 0 Å². The second-order valence-corrected chi connectivity index (χ2v) is 4.44. The zero-order valence-electron chi connectivity index (χ0n) is 12.1. The Labute approximate surface area is 116 Å². The first kappa shape index (κ1) is 16.0. The Bertz CT molecular complexity index is 327. The largest absolute Gasteiger partial charge is 0.494 e. The van der Waals surface area contributed by atoms with Gasteiger partial charge in [-0.25, -0.2) is 0 Å². The predicted molar refractivity (Wildman–Crippen MR) is 76.6 cm³/mol. The lowest BCUT2D eigenvalue weighted by atomic mass is 10.2. The monoisotopic (exact) mass is 267 g/mol. The third-order valence-corrected chi connectivity index (χ3v) is 2.78. The average molecular weight is 267 g/mol. The maximum atomic E-state index is 5.55. The van der Waals surface area contributed by atoms with Crippen LogP contribution in [-0.4, -0.2) is 40.1 Å². The normalized spacial score (nSPS) is 12.4. The fourth-order valence-corrected chi connectivity index (χ4v) is 1.70. The number of methoxy groups -OCH3 is 2. The minimum atomic E-state index is 0.0946. The van der Waals surface area contributed by atoms with Crippen LogP contribution in [-0.2, 0) is 16.0 Å². The Morgan fingerprint density at radius 2 is 1.89 bits per heavy atom. The third kappa shape index (κ3) is 6.57. The number of hydrogen-bond donors (Lipinski definition) is 1. The van der Waals surface area contributed by atoms with Crippen LogP contribution < -0.4 is 10.1 Å². The van der Waals surface area contributed by atoms with Gasteiger partial charge in [-0.15, -0.1) is 0 Å². The van der Waals surface area contributed by atoms with Gasteiger partial charge in [0.15, 0.2) is 0 Å². The van der Waals surface area contributed by atoms with E-state index in [-0.39, 0.29) is 6.10 Å². The van der Waals surface area contributed by atoms with Gasteiger partial charge in [-0.1, -0.05) is 19.1 Å². The molecule has 1 aromatic rings. The van der Waals surface area contributed by atoms with Crippen molar-refractivity contribution in [2.24, 2.45) is 0 Å².